The number of aromatic nitrogens is 1. The minimum atomic E-state index is -4.56. The van der Waals surface area contributed by atoms with Gasteiger partial charge in [0.2, 0.25) is 0 Å². The number of hydrogen-bond donors (Lipinski definition) is 2. The number of nitrogens with one attached hydrogen (secondary N) is 1. The molecule has 4 nitrogen and oxygen atoms in total. The number of fused-ring (bicyclic) bond motifs is 1. The van der Waals surface area contributed by atoms with Gasteiger partial charge < -0.3 is 10.4 Å². The molecule has 7 heteroatoms. The monoisotopic (exact) mass is 401 g/mol. The Labute approximate surface area is 167 Å². The summed E-state index contributed by atoms with van der Waals surface area (Å²) in [6.45, 7) is 2.59. The van der Waals surface area contributed by atoms with Crippen LogP contribution in [-0.4, -0.2) is 28.1 Å². The first-order chi connectivity index (χ1) is 13.9. The fourth-order valence-electron chi connectivity index (χ4n) is 3.75. The van der Waals surface area contributed by atoms with E-state index < -0.39 is 11.9 Å². The highest BCUT2D eigenvalue weighted by Crippen LogP contribution is 2.37. The van der Waals surface area contributed by atoms with Crippen LogP contribution in [0.5, 0.6) is 5.75 Å². The zero-order chi connectivity index (χ0) is 20.4. The smallest absolute Gasteiger partial charge is 0.433 e. The van der Waals surface area contributed by atoms with E-state index in [0.29, 0.717) is 17.6 Å². The van der Waals surface area contributed by atoms with Gasteiger partial charge in [0.1, 0.15) is 11.4 Å². The molecule has 0 spiro atoms. The molecule has 4 rings (SSSR count). The summed E-state index contributed by atoms with van der Waals surface area (Å²) in [5.74, 6) is 0.0625. The van der Waals surface area contributed by atoms with E-state index in [9.17, 15) is 18.3 Å². The first kappa shape index (κ1) is 19.5. The average Bonchev–Trinajstić information content (AvgIpc) is 2.71. The van der Waals surface area contributed by atoms with Crippen LogP contribution in [0, 0.1) is 0 Å². The average molecular weight is 401 g/mol. The van der Waals surface area contributed by atoms with Crippen molar-refractivity contribution in [2.75, 3.05) is 18.4 Å². The molecule has 1 saturated heterocycles. The second-order valence-electron chi connectivity index (χ2n) is 7.35. The number of pyridine rings is 1. The van der Waals surface area contributed by atoms with Crippen LogP contribution in [0.4, 0.5) is 24.5 Å². The third-order valence-corrected chi connectivity index (χ3v) is 5.24. The van der Waals surface area contributed by atoms with E-state index in [2.05, 4.69) is 15.2 Å². The lowest BCUT2D eigenvalue weighted by atomic mass is 10.1. The van der Waals surface area contributed by atoms with Crippen LogP contribution in [0.1, 0.15) is 30.5 Å². The standard InChI is InChI=1S/C22H22F3N3O/c23-22(24,25)20-13-19(16-8-2-3-9-17(16)27-20)26-18-10-6-7-15(21(18)29)14-28-11-4-1-5-12-28/h2-3,6-10,13,29H,1,4-5,11-12,14H2,(H,26,27). The van der Waals surface area contributed by atoms with Crippen LogP contribution in [0.3, 0.4) is 0 Å². The molecule has 2 N–H and O–H groups in total. The molecule has 0 amide bonds. The van der Waals surface area contributed by atoms with Gasteiger partial charge in [0.05, 0.1) is 16.9 Å². The molecule has 0 atom stereocenters. The lowest BCUT2D eigenvalue weighted by Gasteiger charge is -2.27. The maximum Gasteiger partial charge on any atom is 0.433 e. The van der Waals surface area contributed by atoms with Crippen molar-refractivity contribution in [1.82, 2.24) is 9.88 Å². The van der Waals surface area contributed by atoms with Gasteiger partial charge in [-0.15, -0.1) is 0 Å². The largest absolute Gasteiger partial charge is 0.505 e. The number of nitrogens with zero attached hydrogens (tertiary/aromatic N) is 2. The number of piperidine rings is 1. The Morgan fingerprint density at radius 3 is 2.48 bits per heavy atom. The number of likely N-dealkylation sites (tertiary alicyclic amines) is 1. The summed E-state index contributed by atoms with van der Waals surface area (Å²) in [5, 5.41) is 14.3. The van der Waals surface area contributed by atoms with Crippen molar-refractivity contribution in [1.29, 1.82) is 0 Å². The Bertz CT molecular complexity index is 1010. The Hall–Kier alpha value is -2.80. The highest BCUT2D eigenvalue weighted by Gasteiger charge is 2.33. The Balaban J connectivity index is 1.68. The van der Waals surface area contributed by atoms with Crippen molar-refractivity contribution >= 4 is 22.3 Å². The van der Waals surface area contributed by atoms with Crippen LogP contribution in [0.2, 0.25) is 0 Å². The summed E-state index contributed by atoms with van der Waals surface area (Å²) in [5.41, 5.74) is 0.667. The number of halogens is 3. The van der Waals surface area contributed by atoms with Gasteiger partial charge in [-0.1, -0.05) is 36.8 Å². The van der Waals surface area contributed by atoms with E-state index in [1.165, 1.54) is 6.42 Å². The Kier molecular flexibility index (Phi) is 5.32. The number of aromatic hydroxyl groups is 1. The topological polar surface area (TPSA) is 48.4 Å². The highest BCUT2D eigenvalue weighted by atomic mass is 19.4. The van der Waals surface area contributed by atoms with E-state index in [4.69, 9.17) is 0 Å². The van der Waals surface area contributed by atoms with E-state index >= 15 is 0 Å². The number of anilines is 2. The number of phenolic OH excluding ortho intramolecular Hbond substituents is 1. The molecule has 0 unspecified atom stereocenters. The molecular weight excluding hydrogens is 379 g/mol. The molecule has 1 aromatic heterocycles. The lowest BCUT2D eigenvalue weighted by molar-refractivity contribution is -0.140. The zero-order valence-electron chi connectivity index (χ0n) is 15.8. The molecule has 3 aromatic rings. The lowest BCUT2D eigenvalue weighted by Crippen LogP contribution is -2.29. The quantitative estimate of drug-likeness (QED) is 0.552. The van der Waals surface area contributed by atoms with Gasteiger partial charge in [0.15, 0.2) is 0 Å². The Morgan fingerprint density at radius 1 is 0.966 bits per heavy atom. The van der Waals surface area contributed by atoms with Gasteiger partial charge >= 0.3 is 6.18 Å². The van der Waals surface area contributed by atoms with Crippen LogP contribution in [0.25, 0.3) is 10.9 Å². The molecule has 29 heavy (non-hydrogen) atoms. The van der Waals surface area contributed by atoms with Crippen LogP contribution in [-0.2, 0) is 12.7 Å². The van der Waals surface area contributed by atoms with Gasteiger partial charge in [-0.3, -0.25) is 4.90 Å². The molecule has 0 bridgehead atoms. The van der Waals surface area contributed by atoms with E-state index in [0.717, 1.165) is 37.6 Å². The summed E-state index contributed by atoms with van der Waals surface area (Å²) < 4.78 is 39.9. The minimum absolute atomic E-state index is 0.0625. The maximum atomic E-state index is 13.3. The van der Waals surface area contributed by atoms with Crippen molar-refractivity contribution in [2.24, 2.45) is 0 Å². The second-order valence-corrected chi connectivity index (χ2v) is 7.35. The van der Waals surface area contributed by atoms with E-state index in [-0.39, 0.29) is 17.0 Å². The third kappa shape index (κ3) is 4.29. The van der Waals surface area contributed by atoms with Crippen LogP contribution >= 0.6 is 0 Å². The summed E-state index contributed by atoms with van der Waals surface area (Å²) >= 11 is 0. The summed E-state index contributed by atoms with van der Waals surface area (Å²) in [7, 11) is 0. The first-order valence-electron chi connectivity index (χ1n) is 9.69. The van der Waals surface area contributed by atoms with E-state index in [1.54, 1.807) is 36.4 Å². The van der Waals surface area contributed by atoms with Crippen molar-refractivity contribution < 1.29 is 18.3 Å². The summed E-state index contributed by atoms with van der Waals surface area (Å²) in [6.07, 6.45) is -1.05. The van der Waals surface area contributed by atoms with Crippen molar-refractivity contribution in [3.05, 3.63) is 59.8 Å². The van der Waals surface area contributed by atoms with Gasteiger partial charge in [-0.05, 0) is 44.1 Å². The molecule has 1 fully saturated rings. The van der Waals surface area contributed by atoms with Crippen molar-refractivity contribution in [3.8, 4) is 5.75 Å². The molecule has 0 radical (unpaired) electrons. The molecule has 1 aliphatic rings. The maximum absolute atomic E-state index is 13.3. The first-order valence-corrected chi connectivity index (χ1v) is 9.69. The molecule has 0 aliphatic carbocycles. The van der Waals surface area contributed by atoms with Gasteiger partial charge in [0.25, 0.3) is 0 Å². The van der Waals surface area contributed by atoms with Gasteiger partial charge in [-0.25, -0.2) is 4.98 Å². The predicted molar refractivity (Wildman–Crippen MR) is 107 cm³/mol. The summed E-state index contributed by atoms with van der Waals surface area (Å²) in [4.78, 5) is 6.02. The fraction of sp³-hybridized carbons (Fsp3) is 0.318. The number of rotatable bonds is 4. The van der Waals surface area contributed by atoms with E-state index in [1.807, 2.05) is 6.07 Å². The van der Waals surface area contributed by atoms with Crippen molar-refractivity contribution in [2.45, 2.75) is 32.0 Å². The Morgan fingerprint density at radius 2 is 1.72 bits per heavy atom. The zero-order valence-corrected chi connectivity index (χ0v) is 15.8. The number of phenols is 1. The van der Waals surface area contributed by atoms with Crippen molar-refractivity contribution in [3.63, 3.8) is 0 Å². The predicted octanol–water partition coefficient (Wildman–Crippen LogP) is 5.69. The fourth-order valence-corrected chi connectivity index (χ4v) is 3.75. The third-order valence-electron chi connectivity index (χ3n) is 5.24. The number of hydrogen-bond acceptors (Lipinski definition) is 4. The minimum Gasteiger partial charge on any atom is -0.505 e. The molecular formula is C22H22F3N3O. The van der Waals surface area contributed by atoms with Crippen LogP contribution in [0.15, 0.2) is 48.5 Å². The number of para-hydroxylation sites is 2. The number of benzene rings is 2. The highest BCUT2D eigenvalue weighted by molar-refractivity contribution is 5.93. The molecule has 2 aromatic carbocycles. The summed E-state index contributed by atoms with van der Waals surface area (Å²) in [6, 6.07) is 12.9. The molecule has 0 saturated carbocycles. The molecule has 2 heterocycles. The van der Waals surface area contributed by atoms with Gasteiger partial charge in [0, 0.05) is 17.5 Å². The van der Waals surface area contributed by atoms with Crippen LogP contribution < -0.4 is 5.32 Å². The second kappa shape index (κ2) is 7.91. The van der Waals surface area contributed by atoms with Gasteiger partial charge in [-0.2, -0.15) is 13.2 Å². The normalized spacial score (nSPS) is 15.6. The molecule has 1 aliphatic heterocycles. The molecule has 152 valence electrons. The SMILES string of the molecule is Oc1c(CN2CCCCC2)cccc1Nc1cc(C(F)(F)F)nc2ccccc12. The number of alkyl halides is 3.